The third kappa shape index (κ3) is 8.20. The van der Waals surface area contributed by atoms with Gasteiger partial charge < -0.3 is 19.4 Å². The normalized spacial score (nSPS) is 12.3. The molecule has 1 N–H and O–H groups in total. The lowest BCUT2D eigenvalue weighted by Crippen LogP contribution is -2.32. The zero-order valence-electron chi connectivity index (χ0n) is 26.7. The Morgan fingerprint density at radius 3 is 2.36 bits per heavy atom. The van der Waals surface area contributed by atoms with E-state index in [1.54, 1.807) is 56.5 Å². The maximum Gasteiger partial charge on any atom is 0.407 e. The summed E-state index contributed by atoms with van der Waals surface area (Å²) in [4.78, 5) is 35.3. The fourth-order valence-corrected chi connectivity index (χ4v) is 5.72. The van der Waals surface area contributed by atoms with Crippen LogP contribution in [-0.2, 0) is 21.3 Å². The van der Waals surface area contributed by atoms with E-state index in [2.05, 4.69) is 5.32 Å². The van der Waals surface area contributed by atoms with Gasteiger partial charge in [-0.25, -0.2) is 26.7 Å². The molecule has 3 aromatic carbocycles. The molecule has 1 heterocycles. The third-order valence-corrected chi connectivity index (χ3v) is 8.81. The van der Waals surface area contributed by atoms with Gasteiger partial charge >= 0.3 is 12.1 Å². The first-order valence-corrected chi connectivity index (χ1v) is 15.9. The van der Waals surface area contributed by atoms with Gasteiger partial charge in [0.1, 0.15) is 17.2 Å². The molecule has 0 atom stereocenters. The van der Waals surface area contributed by atoms with Crippen LogP contribution in [0.5, 0.6) is 5.75 Å². The first-order valence-electron chi connectivity index (χ1n) is 14.4. The molecule has 0 aliphatic heterocycles. The second kappa shape index (κ2) is 13.7. The van der Waals surface area contributed by atoms with Gasteiger partial charge in [-0.2, -0.15) is 0 Å². The van der Waals surface area contributed by atoms with Crippen molar-refractivity contribution in [2.75, 3.05) is 20.6 Å². The van der Waals surface area contributed by atoms with Gasteiger partial charge in [-0.15, -0.1) is 0 Å². The van der Waals surface area contributed by atoms with Gasteiger partial charge in [0.25, 0.3) is 5.69 Å². The van der Waals surface area contributed by atoms with Crippen LogP contribution >= 0.6 is 0 Å². The van der Waals surface area contributed by atoms with Crippen LogP contribution in [0.3, 0.4) is 0 Å². The Bertz CT molecular complexity index is 1980. The molecule has 4 aromatic rings. The number of hydrogen-bond donors (Lipinski definition) is 1. The highest BCUT2D eigenvalue weighted by Gasteiger charge is 2.22. The number of fused-ring (bicyclic) bond motifs is 1. The predicted molar refractivity (Wildman–Crippen MR) is 174 cm³/mol. The second-order valence-electron chi connectivity index (χ2n) is 11.8. The number of nitro groups is 1. The van der Waals surface area contributed by atoms with Crippen LogP contribution in [0.15, 0.2) is 83.5 Å². The predicted octanol–water partition coefficient (Wildman–Crippen LogP) is 6.37. The maximum atomic E-state index is 15.3. The lowest BCUT2D eigenvalue weighted by Gasteiger charge is -2.19. The lowest BCUT2D eigenvalue weighted by atomic mass is 10.0. The van der Waals surface area contributed by atoms with Crippen LogP contribution in [-0.4, -0.2) is 60.5 Å². The number of hydrogen-bond acceptors (Lipinski definition) is 8. The number of nitrogens with one attached hydrogen (secondary N) is 1. The number of amides is 1. The van der Waals surface area contributed by atoms with Crippen LogP contribution in [0.25, 0.3) is 22.0 Å². The smallest absolute Gasteiger partial charge is 0.407 e. The van der Waals surface area contributed by atoms with E-state index in [9.17, 15) is 28.1 Å². The van der Waals surface area contributed by atoms with Crippen molar-refractivity contribution in [2.45, 2.75) is 44.7 Å². The van der Waals surface area contributed by atoms with Gasteiger partial charge in [-0.3, -0.25) is 10.1 Å². The van der Waals surface area contributed by atoms with Gasteiger partial charge in [-0.05, 0) is 81.8 Å². The van der Waals surface area contributed by atoms with Crippen LogP contribution in [0.2, 0.25) is 0 Å². The van der Waals surface area contributed by atoms with Crippen molar-refractivity contribution in [1.29, 1.82) is 0 Å². The number of carbonyl (C=O) groups is 2. The molecule has 248 valence electrons. The maximum absolute atomic E-state index is 15.3. The molecule has 47 heavy (non-hydrogen) atoms. The van der Waals surface area contributed by atoms with E-state index in [1.165, 1.54) is 62.6 Å². The van der Waals surface area contributed by atoms with Gasteiger partial charge in [0.15, 0.2) is 0 Å². The molecule has 1 amide bonds. The van der Waals surface area contributed by atoms with Crippen molar-refractivity contribution in [3.63, 3.8) is 0 Å². The molecule has 12 nitrogen and oxygen atoms in total. The molecule has 1 aromatic heterocycles. The minimum atomic E-state index is -3.78. The SMILES string of the molecule is Cc1c(-c2cccc(S(=O)(=O)N(C)C)c2)c2cc(OC(=O)c3ccc([N+](=O)[O-])cc3)ccc2n1CC(F)=CCNC(=O)OC(C)(C)C. The third-order valence-electron chi connectivity index (χ3n) is 7.00. The van der Waals surface area contributed by atoms with E-state index in [0.29, 0.717) is 27.7 Å². The van der Waals surface area contributed by atoms with Crippen molar-refractivity contribution in [3.8, 4) is 16.9 Å². The van der Waals surface area contributed by atoms with E-state index < -0.39 is 38.4 Å². The Hall–Kier alpha value is -5.08. The number of sulfonamides is 1. The quantitative estimate of drug-likeness (QED) is 0.0888. The Morgan fingerprint density at radius 2 is 1.74 bits per heavy atom. The van der Waals surface area contributed by atoms with E-state index in [0.717, 1.165) is 4.31 Å². The van der Waals surface area contributed by atoms with E-state index in [4.69, 9.17) is 9.47 Å². The minimum Gasteiger partial charge on any atom is -0.444 e. The molecule has 0 bridgehead atoms. The minimum absolute atomic E-state index is 0.0559. The van der Waals surface area contributed by atoms with Crippen LogP contribution in [0.1, 0.15) is 36.8 Å². The molecule has 0 fully saturated rings. The number of rotatable bonds is 10. The topological polar surface area (TPSA) is 150 Å². The van der Waals surface area contributed by atoms with Gasteiger partial charge in [0.05, 0.1) is 21.9 Å². The average molecular weight is 667 g/mol. The monoisotopic (exact) mass is 666 g/mol. The number of carbonyl (C=O) groups excluding carboxylic acids is 2. The lowest BCUT2D eigenvalue weighted by molar-refractivity contribution is -0.384. The largest absolute Gasteiger partial charge is 0.444 e. The molecule has 0 aliphatic rings. The average Bonchev–Trinajstić information content (AvgIpc) is 3.26. The molecular weight excluding hydrogens is 631 g/mol. The fourth-order valence-electron chi connectivity index (χ4n) is 4.78. The summed E-state index contributed by atoms with van der Waals surface area (Å²) in [7, 11) is -0.921. The second-order valence-corrected chi connectivity index (χ2v) is 13.9. The summed E-state index contributed by atoms with van der Waals surface area (Å²) in [6.07, 6.45) is 0.536. The number of nitro benzene ring substituents is 1. The summed E-state index contributed by atoms with van der Waals surface area (Å²) in [5.74, 6) is -1.15. The zero-order chi connectivity index (χ0) is 34.7. The van der Waals surface area contributed by atoms with Crippen molar-refractivity contribution >= 4 is 38.7 Å². The molecule has 0 unspecified atom stereocenters. The molecule has 0 saturated heterocycles. The number of esters is 1. The number of ether oxygens (including phenoxy) is 2. The highest BCUT2D eigenvalue weighted by Crippen LogP contribution is 2.38. The molecule has 0 radical (unpaired) electrons. The van der Waals surface area contributed by atoms with Crippen LogP contribution < -0.4 is 10.1 Å². The molecule has 14 heteroatoms. The summed E-state index contributed by atoms with van der Waals surface area (Å²) >= 11 is 0. The number of alkyl carbamates (subject to hydrolysis) is 1. The summed E-state index contributed by atoms with van der Waals surface area (Å²) in [6.45, 7) is 6.59. The zero-order valence-corrected chi connectivity index (χ0v) is 27.6. The van der Waals surface area contributed by atoms with Crippen molar-refractivity contribution in [2.24, 2.45) is 0 Å². The standard InChI is InChI=1S/C33H35FN4O8S/c1-21-30(23-8-7-9-27(18-23)47(43,44)36(5)6)28-19-26(45-31(39)22-10-12-25(13-11-22)38(41)42)14-15-29(28)37(21)20-24(34)16-17-35-32(40)46-33(2,3)4/h7-16,18-19H,17,20H2,1-6H3,(H,35,40). The highest BCUT2D eigenvalue weighted by molar-refractivity contribution is 7.89. The van der Waals surface area contributed by atoms with E-state index in [1.807, 2.05) is 0 Å². The summed E-state index contributed by atoms with van der Waals surface area (Å²) < 4.78 is 54.7. The Morgan fingerprint density at radius 1 is 1.06 bits per heavy atom. The van der Waals surface area contributed by atoms with E-state index in [-0.39, 0.29) is 35.0 Å². The Labute approximate surface area is 271 Å². The Balaban J connectivity index is 1.74. The number of allylic oxidation sites excluding steroid dienone is 1. The summed E-state index contributed by atoms with van der Waals surface area (Å²) in [6, 6.07) is 16.1. The van der Waals surface area contributed by atoms with Gasteiger partial charge in [0, 0.05) is 54.9 Å². The summed E-state index contributed by atoms with van der Waals surface area (Å²) in [5, 5.41) is 14.0. The molecule has 0 aliphatic carbocycles. The van der Waals surface area contributed by atoms with Crippen LogP contribution in [0.4, 0.5) is 14.9 Å². The van der Waals surface area contributed by atoms with Gasteiger partial charge in [0.2, 0.25) is 10.0 Å². The molecule has 4 rings (SSSR count). The van der Waals surface area contributed by atoms with Crippen LogP contribution in [0, 0.1) is 17.0 Å². The molecule has 0 saturated carbocycles. The number of non-ortho nitro benzene ring substituents is 1. The van der Waals surface area contributed by atoms with Crippen molar-refractivity contribution < 1.29 is 36.8 Å². The van der Waals surface area contributed by atoms with E-state index >= 15 is 4.39 Å². The number of halogens is 1. The van der Waals surface area contributed by atoms with Crippen molar-refractivity contribution in [3.05, 3.63) is 100 Å². The van der Waals surface area contributed by atoms with Crippen molar-refractivity contribution in [1.82, 2.24) is 14.2 Å². The first kappa shape index (κ1) is 34.8. The number of nitrogens with zero attached hydrogens (tertiary/aromatic N) is 3. The van der Waals surface area contributed by atoms with Gasteiger partial charge in [-0.1, -0.05) is 12.1 Å². The summed E-state index contributed by atoms with van der Waals surface area (Å²) in [5.41, 5.74) is 1.50. The first-order chi connectivity index (χ1) is 22.0. The fraction of sp³-hybridized carbons (Fsp3) is 0.273. The Kier molecular flexibility index (Phi) is 10.2. The molecule has 0 spiro atoms. The highest BCUT2D eigenvalue weighted by atomic mass is 32.2. The molecular formula is C33H35FN4O8S. The number of benzene rings is 3. The number of aromatic nitrogens is 1.